The molecule has 0 aliphatic carbocycles. The SMILES string of the molecule is N#Cc1cc(N)ccc1NC(=O)Cc1c(F)cccc1F. The predicted molar refractivity (Wildman–Crippen MR) is 74.3 cm³/mol. The molecule has 0 atom stereocenters. The summed E-state index contributed by atoms with van der Waals surface area (Å²) in [5, 5.41) is 11.4. The number of rotatable bonds is 3. The van der Waals surface area contributed by atoms with E-state index < -0.39 is 24.0 Å². The minimum absolute atomic E-state index is 0.178. The smallest absolute Gasteiger partial charge is 0.229 e. The molecule has 1 amide bonds. The Bertz CT molecular complexity index is 718. The van der Waals surface area contributed by atoms with E-state index in [0.717, 1.165) is 12.1 Å². The van der Waals surface area contributed by atoms with Gasteiger partial charge in [-0.1, -0.05) is 6.07 Å². The zero-order valence-corrected chi connectivity index (χ0v) is 10.9. The Morgan fingerprint density at radius 1 is 1.24 bits per heavy atom. The minimum atomic E-state index is -0.789. The Kier molecular flexibility index (Phi) is 4.14. The number of nitrogens with zero attached hydrogens (tertiary/aromatic N) is 1. The van der Waals surface area contributed by atoms with Crippen LogP contribution in [-0.2, 0) is 11.2 Å². The van der Waals surface area contributed by atoms with Crippen LogP contribution in [-0.4, -0.2) is 5.91 Å². The van der Waals surface area contributed by atoms with Crippen LogP contribution in [0.2, 0.25) is 0 Å². The fourth-order valence-electron chi connectivity index (χ4n) is 1.82. The molecular weight excluding hydrogens is 276 g/mol. The zero-order chi connectivity index (χ0) is 15.4. The number of nitrogens with two attached hydrogens (primary N) is 1. The molecule has 0 spiro atoms. The van der Waals surface area contributed by atoms with Crippen LogP contribution in [0.1, 0.15) is 11.1 Å². The van der Waals surface area contributed by atoms with E-state index in [1.165, 1.54) is 24.3 Å². The van der Waals surface area contributed by atoms with Gasteiger partial charge in [-0.2, -0.15) is 5.26 Å². The molecule has 0 radical (unpaired) electrons. The van der Waals surface area contributed by atoms with Crippen LogP contribution in [0, 0.1) is 23.0 Å². The van der Waals surface area contributed by atoms with Gasteiger partial charge >= 0.3 is 0 Å². The van der Waals surface area contributed by atoms with Crippen LogP contribution in [0.3, 0.4) is 0 Å². The molecule has 6 heteroatoms. The van der Waals surface area contributed by atoms with Crippen molar-refractivity contribution in [2.45, 2.75) is 6.42 Å². The number of nitrogens with one attached hydrogen (secondary N) is 1. The number of nitrogen functional groups attached to an aromatic ring is 1. The first-order chi connectivity index (χ1) is 10.0. The number of anilines is 2. The van der Waals surface area contributed by atoms with Gasteiger partial charge in [0.25, 0.3) is 0 Å². The summed E-state index contributed by atoms with van der Waals surface area (Å²) in [5.41, 5.74) is 6.02. The average Bonchev–Trinajstić information content (AvgIpc) is 2.45. The minimum Gasteiger partial charge on any atom is -0.399 e. The Hall–Kier alpha value is -2.94. The van der Waals surface area contributed by atoms with Crippen molar-refractivity contribution in [1.82, 2.24) is 0 Å². The molecule has 0 aliphatic rings. The number of hydrogen-bond acceptors (Lipinski definition) is 3. The van der Waals surface area contributed by atoms with Gasteiger partial charge in [-0.05, 0) is 30.3 Å². The lowest BCUT2D eigenvalue weighted by molar-refractivity contribution is -0.115. The van der Waals surface area contributed by atoms with E-state index in [2.05, 4.69) is 5.32 Å². The molecule has 0 unspecified atom stereocenters. The van der Waals surface area contributed by atoms with Crippen molar-refractivity contribution in [3.05, 3.63) is 59.2 Å². The normalized spacial score (nSPS) is 9.95. The van der Waals surface area contributed by atoms with Crippen molar-refractivity contribution in [3.8, 4) is 6.07 Å². The second-order valence-electron chi connectivity index (χ2n) is 4.34. The number of nitriles is 1. The summed E-state index contributed by atoms with van der Waals surface area (Å²) in [6.45, 7) is 0. The fraction of sp³-hybridized carbons (Fsp3) is 0.0667. The Labute approximate surface area is 119 Å². The van der Waals surface area contributed by atoms with Crippen LogP contribution < -0.4 is 11.1 Å². The lowest BCUT2D eigenvalue weighted by Crippen LogP contribution is -2.17. The molecule has 0 heterocycles. The van der Waals surface area contributed by atoms with Gasteiger partial charge < -0.3 is 11.1 Å². The zero-order valence-electron chi connectivity index (χ0n) is 10.9. The summed E-state index contributed by atoms with van der Waals surface area (Å²) < 4.78 is 26.9. The molecule has 0 bridgehead atoms. The van der Waals surface area contributed by atoms with Crippen molar-refractivity contribution >= 4 is 17.3 Å². The van der Waals surface area contributed by atoms with Crippen LogP contribution in [0.25, 0.3) is 0 Å². The van der Waals surface area contributed by atoms with Crippen LogP contribution in [0.15, 0.2) is 36.4 Å². The van der Waals surface area contributed by atoms with Gasteiger partial charge in [0.2, 0.25) is 5.91 Å². The summed E-state index contributed by atoms with van der Waals surface area (Å²) >= 11 is 0. The predicted octanol–water partition coefficient (Wildman–Crippen LogP) is 2.60. The molecular formula is C15H11F2N3O. The highest BCUT2D eigenvalue weighted by Gasteiger charge is 2.14. The van der Waals surface area contributed by atoms with E-state index in [-0.39, 0.29) is 16.8 Å². The van der Waals surface area contributed by atoms with Crippen molar-refractivity contribution in [1.29, 1.82) is 5.26 Å². The summed E-state index contributed by atoms with van der Waals surface area (Å²) in [6.07, 6.45) is -0.465. The van der Waals surface area contributed by atoms with Gasteiger partial charge in [0.15, 0.2) is 0 Å². The van der Waals surface area contributed by atoms with Gasteiger partial charge in [-0.15, -0.1) is 0 Å². The molecule has 106 valence electrons. The van der Waals surface area contributed by atoms with Gasteiger partial charge in [0.1, 0.15) is 17.7 Å². The summed E-state index contributed by atoms with van der Waals surface area (Å²) in [4.78, 5) is 11.9. The maximum Gasteiger partial charge on any atom is 0.229 e. The Morgan fingerprint density at radius 2 is 1.90 bits per heavy atom. The Balaban J connectivity index is 2.18. The monoisotopic (exact) mass is 287 g/mol. The lowest BCUT2D eigenvalue weighted by atomic mass is 10.1. The highest BCUT2D eigenvalue weighted by Crippen LogP contribution is 2.19. The molecule has 21 heavy (non-hydrogen) atoms. The average molecular weight is 287 g/mol. The third kappa shape index (κ3) is 3.34. The standard InChI is InChI=1S/C15H11F2N3O/c16-12-2-1-3-13(17)11(12)7-15(21)20-14-5-4-10(19)6-9(14)8-18/h1-6H,7,19H2,(H,20,21). The first-order valence-electron chi connectivity index (χ1n) is 6.03. The third-order valence-electron chi connectivity index (χ3n) is 2.84. The molecule has 4 nitrogen and oxygen atoms in total. The topological polar surface area (TPSA) is 78.9 Å². The number of amides is 1. The first-order valence-corrected chi connectivity index (χ1v) is 6.03. The number of halogens is 2. The fourth-order valence-corrected chi connectivity index (χ4v) is 1.82. The summed E-state index contributed by atoms with van der Waals surface area (Å²) in [6, 6.07) is 9.64. The van der Waals surface area contributed by atoms with Crippen molar-refractivity contribution in [3.63, 3.8) is 0 Å². The number of carbonyl (C=O) groups is 1. The highest BCUT2D eigenvalue weighted by molar-refractivity contribution is 5.93. The van der Waals surface area contributed by atoms with Crippen molar-refractivity contribution in [2.24, 2.45) is 0 Å². The van der Waals surface area contributed by atoms with Crippen molar-refractivity contribution in [2.75, 3.05) is 11.1 Å². The van der Waals surface area contributed by atoms with E-state index in [1.54, 1.807) is 0 Å². The molecule has 2 aromatic rings. The van der Waals surface area contributed by atoms with E-state index in [1.807, 2.05) is 6.07 Å². The molecule has 0 aromatic heterocycles. The van der Waals surface area contributed by atoms with Gasteiger partial charge in [-0.25, -0.2) is 8.78 Å². The summed E-state index contributed by atoms with van der Waals surface area (Å²) in [5.74, 6) is -2.20. The second kappa shape index (κ2) is 6.01. The molecule has 3 N–H and O–H groups in total. The maximum atomic E-state index is 13.5. The van der Waals surface area contributed by atoms with Crippen LogP contribution in [0.5, 0.6) is 0 Å². The number of carbonyl (C=O) groups excluding carboxylic acids is 1. The van der Waals surface area contributed by atoms with Gasteiger partial charge in [0, 0.05) is 11.3 Å². The molecule has 0 saturated heterocycles. The van der Waals surface area contributed by atoms with E-state index >= 15 is 0 Å². The molecule has 0 fully saturated rings. The van der Waals surface area contributed by atoms with Crippen LogP contribution >= 0.6 is 0 Å². The maximum absolute atomic E-state index is 13.5. The highest BCUT2D eigenvalue weighted by atomic mass is 19.1. The lowest BCUT2D eigenvalue weighted by Gasteiger charge is -2.08. The number of hydrogen-bond donors (Lipinski definition) is 2. The summed E-state index contributed by atoms with van der Waals surface area (Å²) in [7, 11) is 0. The number of benzene rings is 2. The van der Waals surface area contributed by atoms with E-state index in [0.29, 0.717) is 5.69 Å². The largest absolute Gasteiger partial charge is 0.399 e. The van der Waals surface area contributed by atoms with Crippen LogP contribution in [0.4, 0.5) is 20.2 Å². The quantitative estimate of drug-likeness (QED) is 0.852. The first kappa shape index (κ1) is 14.5. The molecule has 0 aliphatic heterocycles. The molecule has 2 rings (SSSR count). The van der Waals surface area contributed by atoms with Crippen molar-refractivity contribution < 1.29 is 13.6 Å². The van der Waals surface area contributed by atoms with E-state index in [4.69, 9.17) is 11.0 Å². The van der Waals surface area contributed by atoms with Gasteiger partial charge in [-0.3, -0.25) is 4.79 Å². The molecule has 2 aromatic carbocycles. The Morgan fingerprint density at radius 3 is 2.52 bits per heavy atom. The second-order valence-corrected chi connectivity index (χ2v) is 4.34. The van der Waals surface area contributed by atoms with E-state index in [9.17, 15) is 13.6 Å². The third-order valence-corrected chi connectivity index (χ3v) is 2.84. The van der Waals surface area contributed by atoms with Gasteiger partial charge in [0.05, 0.1) is 17.7 Å². The molecule has 0 saturated carbocycles.